The Balaban J connectivity index is 2.29. The van der Waals surface area contributed by atoms with Gasteiger partial charge in [-0.1, -0.05) is 24.3 Å². The predicted molar refractivity (Wildman–Crippen MR) is 63.5 cm³/mol. The normalized spacial score (nSPS) is 12.3. The second-order valence-corrected chi connectivity index (χ2v) is 3.97. The van der Waals surface area contributed by atoms with Gasteiger partial charge >= 0.3 is 0 Å². The van der Waals surface area contributed by atoms with E-state index in [1.807, 2.05) is 12.1 Å². The third-order valence-electron chi connectivity index (χ3n) is 3.00. The van der Waals surface area contributed by atoms with Crippen molar-refractivity contribution in [3.63, 3.8) is 0 Å². The molecular weight excluding hydrogens is 184 g/mol. The number of benzene rings is 2. The van der Waals surface area contributed by atoms with E-state index in [9.17, 15) is 0 Å². The monoisotopic (exact) mass is 196 g/mol. The zero-order chi connectivity index (χ0) is 10.4. The predicted octanol–water partition coefficient (Wildman–Crippen LogP) is 2.42. The highest BCUT2D eigenvalue weighted by atomic mass is 14.7. The van der Waals surface area contributed by atoms with Crippen molar-refractivity contribution in [2.24, 2.45) is 0 Å². The van der Waals surface area contributed by atoms with Gasteiger partial charge in [-0.05, 0) is 40.8 Å². The summed E-state index contributed by atoms with van der Waals surface area (Å²) in [5.74, 6) is 0. The van der Waals surface area contributed by atoms with Gasteiger partial charge in [-0.2, -0.15) is 0 Å². The lowest BCUT2D eigenvalue weighted by molar-refractivity contribution is 1.26. The average molecular weight is 196 g/mol. The Labute approximate surface area is 88.5 Å². The third-order valence-corrected chi connectivity index (χ3v) is 3.00. The van der Waals surface area contributed by atoms with Crippen LogP contribution in [0.3, 0.4) is 0 Å². The standard InChI is InChI=1S/C13H12N2/c14-12-6-9-5-8-3-1-2-4-10(8)11(9)7-13(12)15/h1-4,6-7H,5,14-15H2. The van der Waals surface area contributed by atoms with Crippen molar-refractivity contribution in [3.8, 4) is 11.1 Å². The lowest BCUT2D eigenvalue weighted by Gasteiger charge is -2.05. The summed E-state index contributed by atoms with van der Waals surface area (Å²) in [5.41, 5.74) is 18.1. The maximum atomic E-state index is 5.83. The number of hydrogen-bond acceptors (Lipinski definition) is 2. The first kappa shape index (κ1) is 8.36. The molecule has 0 saturated heterocycles. The molecule has 3 rings (SSSR count). The van der Waals surface area contributed by atoms with Crippen molar-refractivity contribution >= 4 is 11.4 Å². The molecule has 1 aliphatic rings. The maximum Gasteiger partial charge on any atom is 0.0554 e. The number of hydrogen-bond donors (Lipinski definition) is 2. The van der Waals surface area contributed by atoms with Crippen LogP contribution in [0.2, 0.25) is 0 Å². The molecule has 0 saturated carbocycles. The Morgan fingerprint density at radius 1 is 0.800 bits per heavy atom. The maximum absolute atomic E-state index is 5.83. The molecule has 74 valence electrons. The zero-order valence-corrected chi connectivity index (χ0v) is 8.33. The van der Waals surface area contributed by atoms with Crippen LogP contribution in [0.15, 0.2) is 36.4 Å². The van der Waals surface area contributed by atoms with Crippen LogP contribution in [0.25, 0.3) is 11.1 Å². The quantitative estimate of drug-likeness (QED) is 0.542. The molecule has 0 fully saturated rings. The molecule has 0 amide bonds. The van der Waals surface area contributed by atoms with Gasteiger partial charge in [0.2, 0.25) is 0 Å². The van der Waals surface area contributed by atoms with Crippen LogP contribution < -0.4 is 11.5 Å². The molecular formula is C13H12N2. The molecule has 0 aliphatic heterocycles. The fraction of sp³-hybridized carbons (Fsp3) is 0.0769. The molecule has 0 bridgehead atoms. The van der Waals surface area contributed by atoms with E-state index in [-0.39, 0.29) is 0 Å². The minimum absolute atomic E-state index is 0.672. The molecule has 0 spiro atoms. The summed E-state index contributed by atoms with van der Waals surface area (Å²) in [5, 5.41) is 0. The van der Waals surface area contributed by atoms with Gasteiger partial charge < -0.3 is 11.5 Å². The summed E-state index contributed by atoms with van der Waals surface area (Å²) >= 11 is 0. The summed E-state index contributed by atoms with van der Waals surface area (Å²) < 4.78 is 0. The highest BCUT2D eigenvalue weighted by Gasteiger charge is 2.18. The first-order valence-electron chi connectivity index (χ1n) is 5.02. The largest absolute Gasteiger partial charge is 0.397 e. The Bertz CT molecular complexity index is 544. The van der Waals surface area contributed by atoms with Gasteiger partial charge in [0.15, 0.2) is 0 Å². The van der Waals surface area contributed by atoms with E-state index < -0.39 is 0 Å². The van der Waals surface area contributed by atoms with Crippen molar-refractivity contribution < 1.29 is 0 Å². The highest BCUT2D eigenvalue weighted by Crippen LogP contribution is 2.39. The molecule has 2 aromatic carbocycles. The minimum atomic E-state index is 0.672. The Hall–Kier alpha value is -1.96. The fourth-order valence-electron chi connectivity index (χ4n) is 2.22. The van der Waals surface area contributed by atoms with Crippen molar-refractivity contribution in [2.45, 2.75) is 6.42 Å². The highest BCUT2D eigenvalue weighted by molar-refractivity contribution is 5.83. The summed E-state index contributed by atoms with van der Waals surface area (Å²) in [6.45, 7) is 0. The summed E-state index contributed by atoms with van der Waals surface area (Å²) in [4.78, 5) is 0. The Kier molecular flexibility index (Phi) is 1.54. The molecule has 2 aromatic rings. The van der Waals surface area contributed by atoms with Gasteiger partial charge in [0.05, 0.1) is 11.4 Å². The average Bonchev–Trinajstić information content (AvgIpc) is 2.57. The molecule has 2 nitrogen and oxygen atoms in total. The van der Waals surface area contributed by atoms with Crippen molar-refractivity contribution in [3.05, 3.63) is 47.5 Å². The van der Waals surface area contributed by atoms with Crippen LogP contribution in [0, 0.1) is 0 Å². The minimum Gasteiger partial charge on any atom is -0.397 e. The Morgan fingerprint density at radius 3 is 2.40 bits per heavy atom. The number of rotatable bonds is 0. The van der Waals surface area contributed by atoms with E-state index in [2.05, 4.69) is 24.3 Å². The number of nitrogens with two attached hydrogens (primary N) is 2. The van der Waals surface area contributed by atoms with Crippen LogP contribution in [0.4, 0.5) is 11.4 Å². The lowest BCUT2D eigenvalue weighted by atomic mass is 10.0. The molecule has 2 heteroatoms. The van der Waals surface area contributed by atoms with Gasteiger partial charge in [0.1, 0.15) is 0 Å². The summed E-state index contributed by atoms with van der Waals surface area (Å²) in [7, 11) is 0. The molecule has 15 heavy (non-hydrogen) atoms. The van der Waals surface area contributed by atoms with E-state index in [1.54, 1.807) is 0 Å². The van der Waals surface area contributed by atoms with Crippen LogP contribution in [0.1, 0.15) is 11.1 Å². The molecule has 0 heterocycles. The third kappa shape index (κ3) is 1.11. The first-order chi connectivity index (χ1) is 7.25. The second-order valence-electron chi connectivity index (χ2n) is 3.97. The SMILES string of the molecule is Nc1cc2c(cc1N)-c1ccccc1C2. The van der Waals surface area contributed by atoms with E-state index in [0.29, 0.717) is 11.4 Å². The summed E-state index contributed by atoms with van der Waals surface area (Å²) in [6.07, 6.45) is 0.968. The van der Waals surface area contributed by atoms with Gasteiger partial charge in [-0.15, -0.1) is 0 Å². The molecule has 1 aliphatic carbocycles. The molecule has 0 aromatic heterocycles. The van der Waals surface area contributed by atoms with Gasteiger partial charge in [-0.3, -0.25) is 0 Å². The smallest absolute Gasteiger partial charge is 0.0554 e. The van der Waals surface area contributed by atoms with Crippen LogP contribution in [-0.4, -0.2) is 0 Å². The van der Waals surface area contributed by atoms with Crippen molar-refractivity contribution in [2.75, 3.05) is 11.5 Å². The number of fused-ring (bicyclic) bond motifs is 3. The summed E-state index contributed by atoms with van der Waals surface area (Å²) in [6, 6.07) is 12.4. The van der Waals surface area contributed by atoms with Crippen LogP contribution >= 0.6 is 0 Å². The van der Waals surface area contributed by atoms with E-state index in [1.165, 1.54) is 22.3 Å². The fourth-order valence-corrected chi connectivity index (χ4v) is 2.22. The first-order valence-corrected chi connectivity index (χ1v) is 5.02. The zero-order valence-electron chi connectivity index (χ0n) is 8.33. The molecule has 0 radical (unpaired) electrons. The topological polar surface area (TPSA) is 52.0 Å². The second kappa shape index (κ2) is 2.76. The van der Waals surface area contributed by atoms with Gasteiger partial charge in [0.25, 0.3) is 0 Å². The molecule has 0 unspecified atom stereocenters. The number of nitrogen functional groups attached to an aromatic ring is 2. The molecule has 0 atom stereocenters. The van der Waals surface area contributed by atoms with Crippen molar-refractivity contribution in [1.82, 2.24) is 0 Å². The van der Waals surface area contributed by atoms with Crippen molar-refractivity contribution in [1.29, 1.82) is 0 Å². The van der Waals surface area contributed by atoms with E-state index >= 15 is 0 Å². The Morgan fingerprint density at radius 2 is 1.53 bits per heavy atom. The molecule has 4 N–H and O–H groups in total. The van der Waals surface area contributed by atoms with Gasteiger partial charge in [-0.25, -0.2) is 0 Å². The van der Waals surface area contributed by atoms with Gasteiger partial charge in [0, 0.05) is 0 Å². The van der Waals surface area contributed by atoms with Crippen LogP contribution in [0.5, 0.6) is 0 Å². The van der Waals surface area contributed by atoms with E-state index in [0.717, 1.165) is 6.42 Å². The number of anilines is 2. The van der Waals surface area contributed by atoms with Crippen LogP contribution in [-0.2, 0) is 6.42 Å². The van der Waals surface area contributed by atoms with E-state index in [4.69, 9.17) is 11.5 Å². The lowest BCUT2D eigenvalue weighted by Crippen LogP contribution is -1.95.